The first-order valence-electron chi connectivity index (χ1n) is 5.48. The molecule has 0 aliphatic rings. The van der Waals surface area contributed by atoms with E-state index in [1.54, 1.807) is 0 Å². The molecular formula is C11H25ClN2O. The molecule has 92 valence electrons. The predicted molar refractivity (Wildman–Crippen MR) is 67.5 cm³/mol. The number of hydrogen-bond donors (Lipinski definition) is 1. The van der Waals surface area contributed by atoms with Gasteiger partial charge in [-0.25, -0.2) is 0 Å². The molecule has 0 aromatic rings. The molecule has 0 saturated carbocycles. The summed E-state index contributed by atoms with van der Waals surface area (Å²) >= 11 is 0. The molecule has 0 unspecified atom stereocenters. The molecule has 1 N–H and O–H groups in total. The number of rotatable bonds is 6. The summed E-state index contributed by atoms with van der Waals surface area (Å²) in [5, 5.41) is 3.02. The molecule has 0 spiro atoms. The van der Waals surface area contributed by atoms with E-state index >= 15 is 0 Å². The Labute approximate surface area is 100 Å². The van der Waals surface area contributed by atoms with Crippen LogP contribution in [0.1, 0.15) is 41.0 Å². The summed E-state index contributed by atoms with van der Waals surface area (Å²) in [7, 11) is 0. The van der Waals surface area contributed by atoms with E-state index in [0.717, 1.165) is 19.5 Å². The SMILES string of the molecule is CCN(CC)CC(=O)NC(C)(C)CC.Cl. The molecule has 0 aliphatic heterocycles. The van der Waals surface area contributed by atoms with Gasteiger partial charge in [-0.1, -0.05) is 20.8 Å². The van der Waals surface area contributed by atoms with Crippen LogP contribution in [0.5, 0.6) is 0 Å². The van der Waals surface area contributed by atoms with Crippen LogP contribution in [0.3, 0.4) is 0 Å². The van der Waals surface area contributed by atoms with Crippen LogP contribution in [0.25, 0.3) is 0 Å². The first-order chi connectivity index (χ1) is 6.45. The third kappa shape index (κ3) is 7.63. The Morgan fingerprint density at radius 1 is 1.20 bits per heavy atom. The second-order valence-corrected chi connectivity index (χ2v) is 4.25. The van der Waals surface area contributed by atoms with Gasteiger partial charge in [-0.3, -0.25) is 9.69 Å². The van der Waals surface area contributed by atoms with Gasteiger partial charge in [0.1, 0.15) is 0 Å². The molecule has 0 saturated heterocycles. The molecule has 0 rings (SSSR count). The minimum atomic E-state index is -0.0791. The molecule has 0 heterocycles. The Kier molecular flexibility index (Phi) is 9.07. The monoisotopic (exact) mass is 236 g/mol. The highest BCUT2D eigenvalue weighted by atomic mass is 35.5. The fraction of sp³-hybridized carbons (Fsp3) is 0.909. The van der Waals surface area contributed by atoms with Crippen molar-refractivity contribution >= 4 is 18.3 Å². The standard InChI is InChI=1S/C11H24N2O.ClH/c1-6-11(4,5)12-10(14)9-13(7-2)8-3;/h6-9H2,1-5H3,(H,12,14);1H. The molecule has 0 aromatic carbocycles. The summed E-state index contributed by atoms with van der Waals surface area (Å²) < 4.78 is 0. The highest BCUT2D eigenvalue weighted by Gasteiger charge is 2.18. The van der Waals surface area contributed by atoms with Crippen LogP contribution in [-0.4, -0.2) is 36.0 Å². The lowest BCUT2D eigenvalue weighted by Gasteiger charge is -2.26. The van der Waals surface area contributed by atoms with E-state index in [-0.39, 0.29) is 23.9 Å². The van der Waals surface area contributed by atoms with E-state index in [4.69, 9.17) is 0 Å². The number of carbonyl (C=O) groups is 1. The van der Waals surface area contributed by atoms with Gasteiger partial charge in [0, 0.05) is 5.54 Å². The zero-order valence-corrected chi connectivity index (χ0v) is 11.4. The maximum Gasteiger partial charge on any atom is 0.234 e. The van der Waals surface area contributed by atoms with Crippen molar-refractivity contribution in [2.75, 3.05) is 19.6 Å². The van der Waals surface area contributed by atoms with E-state index in [9.17, 15) is 4.79 Å². The molecule has 0 bridgehead atoms. The predicted octanol–water partition coefficient (Wildman–Crippen LogP) is 2.05. The maximum atomic E-state index is 11.6. The Bertz CT molecular complexity index is 179. The van der Waals surface area contributed by atoms with E-state index in [1.165, 1.54) is 0 Å². The highest BCUT2D eigenvalue weighted by molar-refractivity contribution is 5.85. The van der Waals surface area contributed by atoms with Crippen LogP contribution in [-0.2, 0) is 4.79 Å². The smallest absolute Gasteiger partial charge is 0.234 e. The summed E-state index contributed by atoms with van der Waals surface area (Å²) in [4.78, 5) is 13.7. The van der Waals surface area contributed by atoms with Crippen LogP contribution in [0.4, 0.5) is 0 Å². The third-order valence-electron chi connectivity index (χ3n) is 2.62. The van der Waals surface area contributed by atoms with Gasteiger partial charge in [0.05, 0.1) is 6.54 Å². The van der Waals surface area contributed by atoms with Gasteiger partial charge in [-0.2, -0.15) is 0 Å². The lowest BCUT2D eigenvalue weighted by atomic mass is 10.0. The first-order valence-corrected chi connectivity index (χ1v) is 5.48. The van der Waals surface area contributed by atoms with Crippen LogP contribution >= 0.6 is 12.4 Å². The van der Waals surface area contributed by atoms with Crippen molar-refractivity contribution in [2.24, 2.45) is 0 Å². The lowest BCUT2D eigenvalue weighted by molar-refractivity contribution is -0.123. The molecule has 0 aliphatic carbocycles. The number of halogens is 1. The normalized spacial score (nSPS) is 11.1. The van der Waals surface area contributed by atoms with Crippen molar-refractivity contribution in [3.63, 3.8) is 0 Å². The zero-order chi connectivity index (χ0) is 11.2. The topological polar surface area (TPSA) is 32.3 Å². The van der Waals surface area contributed by atoms with Crippen molar-refractivity contribution in [2.45, 2.75) is 46.6 Å². The fourth-order valence-electron chi connectivity index (χ4n) is 1.16. The van der Waals surface area contributed by atoms with E-state index < -0.39 is 0 Å². The number of likely N-dealkylation sites (N-methyl/N-ethyl adjacent to an activating group) is 1. The summed E-state index contributed by atoms with van der Waals surface area (Å²) in [6.45, 7) is 12.7. The molecule has 0 atom stereocenters. The summed E-state index contributed by atoms with van der Waals surface area (Å²) in [5.74, 6) is 0.126. The molecule has 3 nitrogen and oxygen atoms in total. The second-order valence-electron chi connectivity index (χ2n) is 4.25. The van der Waals surface area contributed by atoms with Gasteiger partial charge in [0.2, 0.25) is 5.91 Å². The van der Waals surface area contributed by atoms with Gasteiger partial charge >= 0.3 is 0 Å². The van der Waals surface area contributed by atoms with Gasteiger partial charge in [0.15, 0.2) is 0 Å². The van der Waals surface area contributed by atoms with Crippen LogP contribution in [0.15, 0.2) is 0 Å². The molecule has 4 heteroatoms. The molecular weight excluding hydrogens is 212 g/mol. The van der Waals surface area contributed by atoms with Crippen LogP contribution in [0.2, 0.25) is 0 Å². The van der Waals surface area contributed by atoms with Gasteiger partial charge < -0.3 is 5.32 Å². The van der Waals surface area contributed by atoms with E-state index in [2.05, 4.69) is 31.0 Å². The van der Waals surface area contributed by atoms with Gasteiger partial charge in [-0.15, -0.1) is 12.4 Å². The Balaban J connectivity index is 0. The van der Waals surface area contributed by atoms with Gasteiger partial charge in [0.25, 0.3) is 0 Å². The molecule has 15 heavy (non-hydrogen) atoms. The minimum absolute atomic E-state index is 0. The zero-order valence-electron chi connectivity index (χ0n) is 10.6. The first kappa shape index (κ1) is 17.1. The number of nitrogens with zero attached hydrogens (tertiary/aromatic N) is 1. The third-order valence-corrected chi connectivity index (χ3v) is 2.62. The number of hydrogen-bond acceptors (Lipinski definition) is 2. The van der Waals surface area contributed by atoms with Crippen molar-refractivity contribution in [1.29, 1.82) is 0 Å². The molecule has 0 aromatic heterocycles. The molecule has 0 fully saturated rings. The highest BCUT2D eigenvalue weighted by Crippen LogP contribution is 2.06. The van der Waals surface area contributed by atoms with Crippen molar-refractivity contribution < 1.29 is 4.79 Å². The van der Waals surface area contributed by atoms with Gasteiger partial charge in [-0.05, 0) is 33.4 Å². The van der Waals surface area contributed by atoms with Crippen molar-refractivity contribution in [3.8, 4) is 0 Å². The maximum absolute atomic E-state index is 11.6. The average molecular weight is 237 g/mol. The average Bonchev–Trinajstić information content (AvgIpc) is 2.13. The molecule has 1 amide bonds. The fourth-order valence-corrected chi connectivity index (χ4v) is 1.16. The van der Waals surface area contributed by atoms with E-state index in [0.29, 0.717) is 6.54 Å². The largest absolute Gasteiger partial charge is 0.350 e. The number of amides is 1. The summed E-state index contributed by atoms with van der Waals surface area (Å²) in [6.07, 6.45) is 0.955. The second kappa shape index (κ2) is 7.94. The van der Waals surface area contributed by atoms with Crippen molar-refractivity contribution in [3.05, 3.63) is 0 Å². The Hall–Kier alpha value is -0.280. The minimum Gasteiger partial charge on any atom is -0.350 e. The summed E-state index contributed by atoms with van der Waals surface area (Å²) in [5.41, 5.74) is -0.0791. The quantitative estimate of drug-likeness (QED) is 0.766. The molecule has 0 radical (unpaired) electrons. The summed E-state index contributed by atoms with van der Waals surface area (Å²) in [6, 6.07) is 0. The van der Waals surface area contributed by atoms with Crippen LogP contribution < -0.4 is 5.32 Å². The lowest BCUT2D eigenvalue weighted by Crippen LogP contribution is -2.47. The number of nitrogens with one attached hydrogen (secondary N) is 1. The van der Waals surface area contributed by atoms with Crippen LogP contribution in [0, 0.1) is 0 Å². The Morgan fingerprint density at radius 2 is 1.67 bits per heavy atom. The number of carbonyl (C=O) groups excluding carboxylic acids is 1. The van der Waals surface area contributed by atoms with Crippen molar-refractivity contribution in [1.82, 2.24) is 10.2 Å². The Morgan fingerprint density at radius 3 is 2.00 bits per heavy atom. The van der Waals surface area contributed by atoms with E-state index in [1.807, 2.05) is 13.8 Å².